The van der Waals surface area contributed by atoms with Crippen LogP contribution in [-0.2, 0) is 0 Å². The largest absolute Gasteiger partial charge is 0.388 e. The van der Waals surface area contributed by atoms with E-state index in [2.05, 4.69) is 29.6 Å². The van der Waals surface area contributed by atoms with E-state index in [0.717, 1.165) is 23.0 Å². The summed E-state index contributed by atoms with van der Waals surface area (Å²) in [5.41, 5.74) is 2.14. The van der Waals surface area contributed by atoms with E-state index >= 15 is 0 Å². The molecule has 0 bridgehead atoms. The zero-order valence-corrected chi connectivity index (χ0v) is 15.0. The third-order valence-electron chi connectivity index (χ3n) is 4.62. The van der Waals surface area contributed by atoms with Gasteiger partial charge in [-0.25, -0.2) is 0 Å². The molecule has 0 heterocycles. The van der Waals surface area contributed by atoms with Gasteiger partial charge in [0.15, 0.2) is 0 Å². The molecule has 1 saturated carbocycles. The predicted octanol–water partition coefficient (Wildman–Crippen LogP) is 5.65. The van der Waals surface area contributed by atoms with E-state index in [0.29, 0.717) is 6.42 Å². The lowest BCUT2D eigenvalue weighted by Crippen LogP contribution is -2.08. The number of aliphatic hydroxyl groups excluding tert-OH is 1. The van der Waals surface area contributed by atoms with Gasteiger partial charge in [-0.2, -0.15) is 0 Å². The van der Waals surface area contributed by atoms with Crippen LogP contribution in [-0.4, -0.2) is 16.9 Å². The van der Waals surface area contributed by atoms with Gasteiger partial charge in [-0.15, -0.1) is 11.8 Å². The Morgan fingerprint density at radius 2 is 1.79 bits per heavy atom. The lowest BCUT2D eigenvalue weighted by Gasteiger charge is -2.21. The zero-order valence-electron chi connectivity index (χ0n) is 14.2. The van der Waals surface area contributed by atoms with Gasteiger partial charge in [0.2, 0.25) is 0 Å². The summed E-state index contributed by atoms with van der Waals surface area (Å²) in [7, 11) is 0. The third kappa shape index (κ3) is 5.29. The number of nitrogens with one attached hydrogen (secondary N) is 1. The second kappa shape index (κ2) is 9.14. The summed E-state index contributed by atoms with van der Waals surface area (Å²) < 4.78 is 0. The molecule has 1 aliphatic carbocycles. The average Bonchev–Trinajstić information content (AvgIpc) is 2.63. The highest BCUT2D eigenvalue weighted by molar-refractivity contribution is 8.00. The van der Waals surface area contributed by atoms with Crippen molar-refractivity contribution in [2.24, 2.45) is 0 Å². The molecule has 0 saturated heterocycles. The van der Waals surface area contributed by atoms with Crippen molar-refractivity contribution in [2.45, 2.75) is 54.8 Å². The Labute approximate surface area is 149 Å². The van der Waals surface area contributed by atoms with Crippen LogP contribution in [0.1, 0.15) is 50.2 Å². The van der Waals surface area contributed by atoms with E-state index in [9.17, 15) is 5.11 Å². The minimum absolute atomic E-state index is 0.404. The van der Waals surface area contributed by atoms with Gasteiger partial charge in [0.25, 0.3) is 0 Å². The first kappa shape index (κ1) is 17.4. The van der Waals surface area contributed by atoms with Gasteiger partial charge in [-0.05, 0) is 43.0 Å². The standard InChI is InChI=1S/C21H27NOS/c23-21(17-8-3-1-4-9-17)14-15-22-18-10-7-13-20(16-18)24-19-11-5-2-6-12-19/h1,3-4,7-10,13,16,19,21-23H,2,5-6,11-12,14-15H2. The molecule has 0 radical (unpaired) electrons. The van der Waals surface area contributed by atoms with Gasteiger partial charge in [0.1, 0.15) is 0 Å². The quantitative estimate of drug-likeness (QED) is 0.683. The Morgan fingerprint density at radius 1 is 1.00 bits per heavy atom. The summed E-state index contributed by atoms with van der Waals surface area (Å²) >= 11 is 2.03. The fourth-order valence-electron chi connectivity index (χ4n) is 3.25. The smallest absolute Gasteiger partial charge is 0.0806 e. The van der Waals surface area contributed by atoms with Crippen LogP contribution in [0.5, 0.6) is 0 Å². The van der Waals surface area contributed by atoms with Crippen LogP contribution in [0.4, 0.5) is 5.69 Å². The molecule has 1 unspecified atom stereocenters. The molecule has 3 rings (SSSR count). The van der Waals surface area contributed by atoms with Crippen molar-refractivity contribution >= 4 is 17.4 Å². The van der Waals surface area contributed by atoms with E-state index in [1.807, 2.05) is 42.1 Å². The van der Waals surface area contributed by atoms with Crippen LogP contribution in [0.3, 0.4) is 0 Å². The third-order valence-corrected chi connectivity index (χ3v) is 5.95. The molecular weight excluding hydrogens is 314 g/mol. The fourth-order valence-corrected chi connectivity index (χ4v) is 4.56. The Balaban J connectivity index is 1.47. The van der Waals surface area contributed by atoms with Crippen molar-refractivity contribution in [3.63, 3.8) is 0 Å². The highest BCUT2D eigenvalue weighted by atomic mass is 32.2. The molecule has 1 aliphatic rings. The predicted molar refractivity (Wildman–Crippen MR) is 104 cm³/mol. The number of benzene rings is 2. The lowest BCUT2D eigenvalue weighted by atomic mass is 10.0. The van der Waals surface area contributed by atoms with Crippen molar-refractivity contribution in [1.29, 1.82) is 0 Å². The van der Waals surface area contributed by atoms with E-state index in [1.165, 1.54) is 37.0 Å². The highest BCUT2D eigenvalue weighted by Crippen LogP contribution is 2.34. The van der Waals surface area contributed by atoms with E-state index in [-0.39, 0.29) is 0 Å². The Morgan fingerprint density at radius 3 is 2.58 bits per heavy atom. The maximum atomic E-state index is 10.2. The van der Waals surface area contributed by atoms with Crippen LogP contribution in [0, 0.1) is 0 Å². The Kier molecular flexibility index (Phi) is 6.62. The van der Waals surface area contributed by atoms with Crippen LogP contribution >= 0.6 is 11.8 Å². The molecule has 2 N–H and O–H groups in total. The molecule has 1 fully saturated rings. The molecule has 0 aliphatic heterocycles. The van der Waals surface area contributed by atoms with Crippen molar-refractivity contribution in [1.82, 2.24) is 0 Å². The summed E-state index contributed by atoms with van der Waals surface area (Å²) in [6, 6.07) is 18.6. The summed E-state index contributed by atoms with van der Waals surface area (Å²) in [6.07, 6.45) is 7.18. The Hall–Kier alpha value is -1.45. The fraction of sp³-hybridized carbons (Fsp3) is 0.429. The van der Waals surface area contributed by atoms with Gasteiger partial charge in [-0.1, -0.05) is 55.7 Å². The second-order valence-corrected chi connectivity index (χ2v) is 7.92. The maximum Gasteiger partial charge on any atom is 0.0806 e. The molecule has 24 heavy (non-hydrogen) atoms. The maximum absolute atomic E-state index is 10.2. The minimum atomic E-state index is -0.404. The van der Waals surface area contributed by atoms with E-state index in [4.69, 9.17) is 0 Å². The monoisotopic (exact) mass is 341 g/mol. The van der Waals surface area contributed by atoms with Crippen molar-refractivity contribution in [3.8, 4) is 0 Å². The molecule has 2 aromatic carbocycles. The van der Waals surface area contributed by atoms with Crippen molar-refractivity contribution in [2.75, 3.05) is 11.9 Å². The molecule has 0 aromatic heterocycles. The van der Waals surface area contributed by atoms with Gasteiger partial charge >= 0.3 is 0 Å². The molecule has 2 nitrogen and oxygen atoms in total. The number of rotatable bonds is 7. The molecule has 2 aromatic rings. The summed E-state index contributed by atoms with van der Waals surface area (Å²) in [4.78, 5) is 1.36. The first-order valence-electron chi connectivity index (χ1n) is 9.05. The van der Waals surface area contributed by atoms with Crippen LogP contribution in [0.15, 0.2) is 59.5 Å². The van der Waals surface area contributed by atoms with Crippen LogP contribution in [0.2, 0.25) is 0 Å². The lowest BCUT2D eigenvalue weighted by molar-refractivity contribution is 0.171. The molecule has 0 amide bonds. The van der Waals surface area contributed by atoms with Crippen molar-refractivity contribution < 1.29 is 5.11 Å². The molecule has 1 atom stereocenters. The minimum Gasteiger partial charge on any atom is -0.388 e. The summed E-state index contributed by atoms with van der Waals surface area (Å²) in [5, 5.41) is 14.5. The average molecular weight is 342 g/mol. The number of thioether (sulfide) groups is 1. The topological polar surface area (TPSA) is 32.3 Å². The van der Waals surface area contributed by atoms with Gasteiger partial charge in [0, 0.05) is 22.4 Å². The summed E-state index contributed by atoms with van der Waals surface area (Å²) in [6.45, 7) is 0.771. The Bertz CT molecular complexity index is 610. The van der Waals surface area contributed by atoms with Crippen LogP contribution < -0.4 is 5.32 Å². The van der Waals surface area contributed by atoms with E-state index < -0.39 is 6.10 Å². The second-order valence-electron chi connectivity index (χ2n) is 6.55. The number of hydrogen-bond acceptors (Lipinski definition) is 3. The van der Waals surface area contributed by atoms with Gasteiger partial charge in [0.05, 0.1) is 6.10 Å². The molecule has 0 spiro atoms. The van der Waals surface area contributed by atoms with Crippen molar-refractivity contribution in [3.05, 3.63) is 60.2 Å². The van der Waals surface area contributed by atoms with E-state index in [1.54, 1.807) is 0 Å². The molecule has 3 heteroatoms. The van der Waals surface area contributed by atoms with Crippen LogP contribution in [0.25, 0.3) is 0 Å². The number of aliphatic hydroxyl groups is 1. The highest BCUT2D eigenvalue weighted by Gasteiger charge is 2.14. The zero-order chi connectivity index (χ0) is 16.6. The molecule has 128 valence electrons. The normalized spacial score (nSPS) is 16.7. The van der Waals surface area contributed by atoms with Gasteiger partial charge < -0.3 is 10.4 Å². The number of anilines is 1. The SMILES string of the molecule is OC(CCNc1cccc(SC2CCCCC2)c1)c1ccccc1. The first-order chi connectivity index (χ1) is 11.8. The molecular formula is C21H27NOS. The first-order valence-corrected chi connectivity index (χ1v) is 9.93. The summed E-state index contributed by atoms with van der Waals surface area (Å²) in [5.74, 6) is 0. The van der Waals surface area contributed by atoms with Gasteiger partial charge in [-0.3, -0.25) is 0 Å². The number of hydrogen-bond donors (Lipinski definition) is 2.